The van der Waals surface area contributed by atoms with Crippen LogP contribution < -0.4 is 14.8 Å². The second-order valence-electron chi connectivity index (χ2n) is 7.70. The molecule has 35 heavy (non-hydrogen) atoms. The second kappa shape index (κ2) is 10.6. The van der Waals surface area contributed by atoms with Crippen LogP contribution in [0.2, 0.25) is 0 Å². The van der Waals surface area contributed by atoms with E-state index in [1.165, 1.54) is 7.11 Å². The predicted molar refractivity (Wildman–Crippen MR) is 132 cm³/mol. The van der Waals surface area contributed by atoms with Gasteiger partial charge in [-0.3, -0.25) is 4.79 Å². The zero-order valence-corrected chi connectivity index (χ0v) is 19.6. The molecule has 0 fully saturated rings. The molecule has 3 aromatic carbocycles. The molecule has 0 saturated carbocycles. The molecule has 1 amide bonds. The Hall–Kier alpha value is -4.59. The Labute approximate surface area is 203 Å². The number of benzene rings is 3. The molecule has 1 N–H and O–H groups in total. The van der Waals surface area contributed by atoms with Crippen LogP contribution in [0.25, 0.3) is 16.9 Å². The number of ether oxygens (including phenoxy) is 3. The maximum Gasteiger partial charge on any atom is 0.343 e. The number of esters is 1. The molecule has 1 heterocycles. The van der Waals surface area contributed by atoms with Gasteiger partial charge in [-0.05, 0) is 55.0 Å². The van der Waals surface area contributed by atoms with E-state index in [-0.39, 0.29) is 12.5 Å². The number of carbonyl (C=O) groups excluding carboxylic acids is 2. The molecule has 0 atom stereocenters. The van der Waals surface area contributed by atoms with Crippen molar-refractivity contribution in [2.24, 2.45) is 0 Å². The summed E-state index contributed by atoms with van der Waals surface area (Å²) in [6.45, 7) is 1.65. The molecule has 0 bridgehead atoms. The van der Waals surface area contributed by atoms with Gasteiger partial charge in [-0.15, -0.1) is 0 Å². The maximum atomic E-state index is 13.4. The topological polar surface area (TPSA) is 91.7 Å². The standard InChI is InChI=1S/C27H25N3O5/c1-18-14-22(35-17-25(31)34-3)12-13-24(18)28-27(32)23-16-30(20-9-5-4-6-10-20)29-26(23)19-8-7-11-21(15-19)33-2/h4-16H,17H2,1-3H3,(H,28,32). The Kier molecular flexibility index (Phi) is 7.11. The SMILES string of the molecule is COC(=O)COc1ccc(NC(=O)c2cn(-c3ccccc3)nc2-c2cccc(OC)c2)c(C)c1. The van der Waals surface area contributed by atoms with Gasteiger partial charge < -0.3 is 19.5 Å². The molecule has 4 rings (SSSR count). The first-order chi connectivity index (χ1) is 17.0. The number of nitrogens with zero attached hydrogens (tertiary/aromatic N) is 2. The summed E-state index contributed by atoms with van der Waals surface area (Å²) in [5, 5.41) is 7.67. The average Bonchev–Trinajstić information content (AvgIpc) is 3.35. The molecular weight excluding hydrogens is 446 g/mol. The fraction of sp³-hybridized carbons (Fsp3) is 0.148. The van der Waals surface area contributed by atoms with Crippen molar-refractivity contribution in [3.05, 3.63) is 90.1 Å². The second-order valence-corrected chi connectivity index (χ2v) is 7.70. The van der Waals surface area contributed by atoms with Crippen LogP contribution in [0.15, 0.2) is 79.0 Å². The predicted octanol–water partition coefficient (Wildman–Crippen LogP) is 4.66. The normalized spacial score (nSPS) is 10.5. The minimum absolute atomic E-state index is 0.190. The number of rotatable bonds is 8. The van der Waals surface area contributed by atoms with Crippen molar-refractivity contribution >= 4 is 17.6 Å². The van der Waals surface area contributed by atoms with E-state index in [2.05, 4.69) is 10.1 Å². The molecule has 0 radical (unpaired) electrons. The van der Waals surface area contributed by atoms with E-state index >= 15 is 0 Å². The van der Waals surface area contributed by atoms with Gasteiger partial charge in [-0.2, -0.15) is 5.10 Å². The van der Waals surface area contributed by atoms with E-state index < -0.39 is 5.97 Å². The van der Waals surface area contributed by atoms with Crippen LogP contribution in [0, 0.1) is 6.92 Å². The van der Waals surface area contributed by atoms with Crippen molar-refractivity contribution < 1.29 is 23.8 Å². The largest absolute Gasteiger partial charge is 0.497 e. The third kappa shape index (κ3) is 5.50. The van der Waals surface area contributed by atoms with E-state index in [9.17, 15) is 9.59 Å². The molecular formula is C27H25N3O5. The third-order valence-electron chi connectivity index (χ3n) is 5.35. The Morgan fingerprint density at radius 1 is 0.943 bits per heavy atom. The van der Waals surface area contributed by atoms with Crippen molar-refractivity contribution in [3.63, 3.8) is 0 Å². The zero-order chi connectivity index (χ0) is 24.8. The number of anilines is 1. The van der Waals surface area contributed by atoms with Crippen molar-refractivity contribution in [1.29, 1.82) is 0 Å². The van der Waals surface area contributed by atoms with Gasteiger partial charge >= 0.3 is 5.97 Å². The van der Waals surface area contributed by atoms with Crippen LogP contribution in [0.3, 0.4) is 0 Å². The molecule has 0 aliphatic rings. The minimum Gasteiger partial charge on any atom is -0.497 e. The lowest BCUT2D eigenvalue weighted by Crippen LogP contribution is -2.14. The molecule has 8 heteroatoms. The first kappa shape index (κ1) is 23.6. The monoisotopic (exact) mass is 471 g/mol. The minimum atomic E-state index is -0.472. The molecule has 4 aromatic rings. The van der Waals surface area contributed by atoms with Crippen molar-refractivity contribution in [3.8, 4) is 28.4 Å². The number of para-hydroxylation sites is 1. The third-order valence-corrected chi connectivity index (χ3v) is 5.35. The Bertz CT molecular complexity index is 1350. The summed E-state index contributed by atoms with van der Waals surface area (Å²) < 4.78 is 17.0. The van der Waals surface area contributed by atoms with Crippen LogP contribution in [0.4, 0.5) is 5.69 Å². The highest BCUT2D eigenvalue weighted by Gasteiger charge is 2.20. The molecule has 8 nitrogen and oxygen atoms in total. The lowest BCUT2D eigenvalue weighted by Gasteiger charge is -2.11. The van der Waals surface area contributed by atoms with E-state index in [0.29, 0.717) is 28.4 Å². The lowest BCUT2D eigenvalue weighted by molar-refractivity contribution is -0.142. The number of aromatic nitrogens is 2. The van der Waals surface area contributed by atoms with Crippen LogP contribution in [0.1, 0.15) is 15.9 Å². The number of hydrogen-bond donors (Lipinski definition) is 1. The average molecular weight is 472 g/mol. The van der Waals surface area contributed by atoms with E-state index in [1.54, 1.807) is 36.2 Å². The maximum absolute atomic E-state index is 13.4. The van der Waals surface area contributed by atoms with Crippen molar-refractivity contribution in [2.45, 2.75) is 6.92 Å². The van der Waals surface area contributed by atoms with Gasteiger partial charge in [0.05, 0.1) is 25.5 Å². The molecule has 0 aliphatic carbocycles. The summed E-state index contributed by atoms with van der Waals surface area (Å²) >= 11 is 0. The van der Waals surface area contributed by atoms with Crippen molar-refractivity contribution in [1.82, 2.24) is 9.78 Å². The Balaban J connectivity index is 1.65. The first-order valence-electron chi connectivity index (χ1n) is 10.9. The summed E-state index contributed by atoms with van der Waals surface area (Å²) in [5.41, 5.74) is 3.92. The number of amides is 1. The Morgan fingerprint density at radius 3 is 2.46 bits per heavy atom. The number of carbonyl (C=O) groups is 2. The van der Waals surface area contributed by atoms with Crippen LogP contribution in [0.5, 0.6) is 11.5 Å². The van der Waals surface area contributed by atoms with Crippen LogP contribution in [-0.4, -0.2) is 42.5 Å². The molecule has 0 spiro atoms. The van der Waals surface area contributed by atoms with Crippen LogP contribution in [-0.2, 0) is 9.53 Å². The number of aryl methyl sites for hydroxylation is 1. The van der Waals surface area contributed by atoms with E-state index in [0.717, 1.165) is 16.8 Å². The summed E-state index contributed by atoms with van der Waals surface area (Å²) in [5.74, 6) is 0.387. The molecule has 178 valence electrons. The van der Waals surface area contributed by atoms with E-state index in [1.807, 2.05) is 61.5 Å². The number of nitrogens with one attached hydrogen (secondary N) is 1. The highest BCUT2D eigenvalue weighted by atomic mass is 16.6. The summed E-state index contributed by atoms with van der Waals surface area (Å²) in [6.07, 6.45) is 1.71. The lowest BCUT2D eigenvalue weighted by atomic mass is 10.1. The highest BCUT2D eigenvalue weighted by molar-refractivity contribution is 6.08. The summed E-state index contributed by atoms with van der Waals surface area (Å²) in [4.78, 5) is 24.7. The summed E-state index contributed by atoms with van der Waals surface area (Å²) in [7, 11) is 2.89. The van der Waals surface area contributed by atoms with Gasteiger partial charge in [0.15, 0.2) is 6.61 Å². The number of hydrogen-bond acceptors (Lipinski definition) is 6. The Morgan fingerprint density at radius 2 is 1.74 bits per heavy atom. The van der Waals surface area contributed by atoms with Gasteiger partial charge in [0.1, 0.15) is 17.2 Å². The van der Waals surface area contributed by atoms with Crippen LogP contribution >= 0.6 is 0 Å². The molecule has 1 aromatic heterocycles. The molecule has 0 aliphatic heterocycles. The van der Waals surface area contributed by atoms with Gasteiger partial charge in [-0.1, -0.05) is 30.3 Å². The highest BCUT2D eigenvalue weighted by Crippen LogP contribution is 2.28. The van der Waals surface area contributed by atoms with Gasteiger partial charge in [0.25, 0.3) is 5.91 Å². The number of methoxy groups -OCH3 is 2. The quantitative estimate of drug-likeness (QED) is 0.376. The fourth-order valence-corrected chi connectivity index (χ4v) is 3.49. The van der Waals surface area contributed by atoms with Gasteiger partial charge in [0, 0.05) is 17.4 Å². The van der Waals surface area contributed by atoms with Crippen molar-refractivity contribution in [2.75, 3.05) is 26.1 Å². The van der Waals surface area contributed by atoms with Gasteiger partial charge in [-0.25, -0.2) is 9.48 Å². The fourth-order valence-electron chi connectivity index (χ4n) is 3.49. The van der Waals surface area contributed by atoms with E-state index in [4.69, 9.17) is 14.6 Å². The zero-order valence-electron chi connectivity index (χ0n) is 19.6. The first-order valence-corrected chi connectivity index (χ1v) is 10.9. The smallest absolute Gasteiger partial charge is 0.343 e. The molecule has 0 saturated heterocycles. The van der Waals surface area contributed by atoms with Gasteiger partial charge in [0.2, 0.25) is 0 Å². The summed E-state index contributed by atoms with van der Waals surface area (Å²) in [6, 6.07) is 22.2. The molecule has 0 unspecified atom stereocenters.